The molecule has 0 amide bonds. The second kappa shape index (κ2) is 31.8. The van der Waals surface area contributed by atoms with Crippen molar-refractivity contribution < 1.29 is 26.5 Å². The number of nitrogens with zero attached hydrogens (tertiary/aromatic N) is 5. The van der Waals surface area contributed by atoms with E-state index < -0.39 is 13.7 Å². The minimum absolute atomic E-state index is 0. The molecule has 0 spiro atoms. The van der Waals surface area contributed by atoms with E-state index in [9.17, 15) is 0 Å². The zero-order valence-electron chi connectivity index (χ0n) is 68.1. The number of aryl methyl sites for hydroxylation is 11. The number of rotatable bonds is 5. The van der Waals surface area contributed by atoms with Gasteiger partial charge >= 0.3 is 0 Å². The van der Waals surface area contributed by atoms with Gasteiger partial charge in [0, 0.05) is 116 Å². The van der Waals surface area contributed by atoms with Crippen molar-refractivity contribution >= 4 is 169 Å². The molecular weight excluding hydrogens is 1450 g/mol. The van der Waals surface area contributed by atoms with Crippen LogP contribution in [0.2, 0.25) is 0 Å². The molecule has 9 aromatic heterocycles. The van der Waals surface area contributed by atoms with Gasteiger partial charge in [0.05, 0.1) is 36.5 Å². The third-order valence-corrected chi connectivity index (χ3v) is 26.4. The predicted octanol–water partition coefficient (Wildman–Crippen LogP) is 28.6. The van der Waals surface area contributed by atoms with Crippen LogP contribution in [0.3, 0.4) is 0 Å². The molecule has 0 aliphatic heterocycles. The summed E-state index contributed by atoms with van der Waals surface area (Å²) < 4.78 is 66.7. The third-order valence-electron chi connectivity index (χ3n) is 21.6. The number of hydrogen-bond acceptors (Lipinski definition) is 5. The van der Waals surface area contributed by atoms with Crippen molar-refractivity contribution in [1.29, 1.82) is 0 Å². The molecule has 0 fully saturated rings. The van der Waals surface area contributed by atoms with Crippen molar-refractivity contribution in [3.8, 4) is 56.2 Å². The van der Waals surface area contributed by atoms with Crippen LogP contribution in [-0.4, -0.2) is 4.98 Å². The number of pyridine rings is 5. The van der Waals surface area contributed by atoms with Gasteiger partial charge in [0.1, 0.15) is 28.2 Å². The van der Waals surface area contributed by atoms with Crippen LogP contribution in [0.25, 0.3) is 180 Å². The number of hydrogen-bond donors (Lipinski definition) is 0. The van der Waals surface area contributed by atoms with Gasteiger partial charge < -0.3 is 0 Å². The fourth-order valence-corrected chi connectivity index (χ4v) is 21.0. The number of benzene rings is 12. The van der Waals surface area contributed by atoms with Gasteiger partial charge in [0.15, 0.2) is 24.8 Å². The van der Waals surface area contributed by atoms with Crippen LogP contribution >= 0.6 is 45.3 Å². The van der Waals surface area contributed by atoms with E-state index in [0.29, 0.717) is 5.56 Å². The molecular formula is C104H97N5S4+4. The van der Waals surface area contributed by atoms with Gasteiger partial charge in [-0.3, -0.25) is 4.98 Å². The Morgan fingerprint density at radius 3 is 1.30 bits per heavy atom. The Morgan fingerprint density at radius 1 is 0.283 bits per heavy atom. The molecule has 0 radical (unpaired) electrons. The first-order valence-electron chi connectivity index (χ1n) is 39.7. The number of fused-ring (bicyclic) bond motifs is 19. The largest absolute Gasteiger partial charge is 0.255 e. The molecule has 9 heteroatoms. The highest BCUT2D eigenvalue weighted by atomic mass is 32.1. The quantitative estimate of drug-likeness (QED) is 0.158. The maximum Gasteiger partial charge on any atom is 0.221 e. The molecule has 113 heavy (non-hydrogen) atoms. The SMILES string of the molecule is C.C.C.C.Cc1ccc(-c2cc3sc4c5ccccc5ccc4c3c[n+]2C)c(C)c1.Cc1ccccc1-c1cc2sc3c(ccc4cccnc43)c2c[n+]1C.Cc1ccccc1-c1cc2sc3c4ccccc4ccc3c2c[n+]1C.[2H]C([2H])([2H])c1ccc(-c2c3c(sc4cc5ccc(-c6ccccc6)cc5cc43)c(C([2H])([2H])[2H])c[n+]2C)c(C)c1. The highest BCUT2D eigenvalue weighted by molar-refractivity contribution is 7.28. The van der Waals surface area contributed by atoms with Gasteiger partial charge in [0.25, 0.3) is 0 Å². The molecule has 558 valence electrons. The van der Waals surface area contributed by atoms with Crippen LogP contribution in [0.4, 0.5) is 0 Å². The fourth-order valence-electron chi connectivity index (χ4n) is 16.1. The Morgan fingerprint density at radius 2 is 0.743 bits per heavy atom. The molecule has 5 nitrogen and oxygen atoms in total. The average molecular weight is 1550 g/mol. The second-order valence-electron chi connectivity index (χ2n) is 28.9. The summed E-state index contributed by atoms with van der Waals surface area (Å²) in [4.78, 5) is 4.63. The second-order valence-corrected chi connectivity index (χ2v) is 33.1. The summed E-state index contributed by atoms with van der Waals surface area (Å²) in [6.07, 6.45) is 10.4. The Kier molecular flexibility index (Phi) is 19.8. The van der Waals surface area contributed by atoms with Crippen LogP contribution in [0.1, 0.15) is 76.9 Å². The minimum Gasteiger partial charge on any atom is -0.255 e. The first-order valence-corrected chi connectivity index (χ1v) is 40.0. The molecule has 0 aliphatic carbocycles. The van der Waals surface area contributed by atoms with Crippen molar-refractivity contribution in [3.63, 3.8) is 0 Å². The molecule has 0 unspecified atom stereocenters. The minimum atomic E-state index is -2.28. The van der Waals surface area contributed by atoms with Gasteiger partial charge in [-0.25, -0.2) is 18.3 Å². The van der Waals surface area contributed by atoms with E-state index >= 15 is 0 Å². The Bertz CT molecular complexity index is 7320. The van der Waals surface area contributed by atoms with Gasteiger partial charge in [0.2, 0.25) is 22.8 Å². The van der Waals surface area contributed by atoms with Crippen molar-refractivity contribution in [2.24, 2.45) is 28.2 Å². The summed E-state index contributed by atoms with van der Waals surface area (Å²) >= 11 is 7.14. The van der Waals surface area contributed by atoms with Crippen molar-refractivity contribution in [2.45, 2.75) is 78.0 Å². The lowest BCUT2D eigenvalue weighted by Gasteiger charge is -2.09. The van der Waals surface area contributed by atoms with Crippen molar-refractivity contribution in [1.82, 2.24) is 4.98 Å². The molecule has 0 N–H and O–H groups in total. The molecule has 12 aromatic carbocycles. The molecule has 0 saturated heterocycles. The van der Waals surface area contributed by atoms with Gasteiger partial charge in [-0.2, -0.15) is 0 Å². The van der Waals surface area contributed by atoms with Gasteiger partial charge in [-0.15, -0.1) is 45.3 Å². The van der Waals surface area contributed by atoms with E-state index in [2.05, 4.69) is 305 Å². The lowest BCUT2D eigenvalue weighted by atomic mass is 9.96. The first kappa shape index (κ1) is 70.4. The number of aromatic nitrogens is 5. The molecule has 0 aliphatic rings. The molecule has 0 saturated carbocycles. The van der Waals surface area contributed by atoms with Crippen LogP contribution in [0.15, 0.2) is 292 Å². The molecule has 21 rings (SSSR count). The monoisotopic (exact) mass is 1550 g/mol. The Balaban J connectivity index is 0.000000131. The van der Waals surface area contributed by atoms with E-state index in [1.165, 1.54) is 155 Å². The number of thiophene rings is 4. The smallest absolute Gasteiger partial charge is 0.221 e. The van der Waals surface area contributed by atoms with Crippen LogP contribution < -0.4 is 18.3 Å². The topological polar surface area (TPSA) is 28.4 Å². The Labute approximate surface area is 689 Å². The van der Waals surface area contributed by atoms with Crippen molar-refractivity contribution in [3.05, 3.63) is 331 Å². The van der Waals surface area contributed by atoms with Crippen molar-refractivity contribution in [2.75, 3.05) is 0 Å². The average Bonchev–Trinajstić information content (AvgIpc) is 1.59. The molecule has 9 heterocycles. The highest BCUT2D eigenvalue weighted by Gasteiger charge is 2.26. The highest BCUT2D eigenvalue weighted by Crippen LogP contribution is 2.46. The van der Waals surface area contributed by atoms with Crippen LogP contribution in [-0.2, 0) is 28.2 Å². The maximum absolute atomic E-state index is 8.27. The fraction of sp³-hybridized carbons (Fsp3) is 0.144. The lowest BCUT2D eigenvalue weighted by molar-refractivity contribution is -0.659. The molecule has 21 aromatic rings. The van der Waals surface area contributed by atoms with Gasteiger partial charge in [-0.05, 0) is 163 Å². The maximum atomic E-state index is 8.27. The van der Waals surface area contributed by atoms with Crippen LogP contribution in [0, 0.1) is 48.3 Å². The summed E-state index contributed by atoms with van der Waals surface area (Å²) in [5.74, 6) is 0. The lowest BCUT2D eigenvalue weighted by Crippen LogP contribution is -2.31. The van der Waals surface area contributed by atoms with E-state index in [0.717, 1.165) is 64.4 Å². The summed E-state index contributed by atoms with van der Waals surface area (Å²) in [6, 6.07) is 91.9. The normalized spacial score (nSPS) is 12.2. The van der Waals surface area contributed by atoms with Gasteiger partial charge in [-0.1, -0.05) is 235 Å². The zero-order chi connectivity index (χ0) is 79.5. The van der Waals surface area contributed by atoms with E-state index in [1.807, 2.05) is 89.1 Å². The summed E-state index contributed by atoms with van der Waals surface area (Å²) in [6.45, 7) is 6.12. The van der Waals surface area contributed by atoms with E-state index in [4.69, 9.17) is 8.22 Å². The zero-order valence-corrected chi connectivity index (χ0v) is 65.3. The standard InChI is InChI=1S/C31H26NS.C24H20NS.C23H18NS.C22H17N2S.4CH4/c1-19-10-13-26(20(2)14-19)30-29-27-16-25-15-23(22-8-6-5-7-9-22)11-12-24(25)17-28(27)33-31(29)21(3)18-32(30)4;1-15-8-10-18(16(2)12-15)22-13-23-21(14-25(22)3)20-11-9-17-6-4-5-7-19(17)24(20)26-23;1-15-7-3-5-9-17(15)21-13-22-20(14-24(21)2)19-12-11-16-8-4-6-10-18(16)23(19)25-22;1-14-6-3-4-8-16(14)19-12-20-18(13-24(19)2)17-10-9-15-7-5-11-23-21(15)22(17)25-20;;;;/h5-18H,1-4H3;4-14H,1-3H3;3-14H,1-2H3;3-13H,1-2H3;4*1H4/q4*+1;;;;/i1D3,3D3;;;;;;;. The van der Waals surface area contributed by atoms with E-state index in [1.54, 1.807) is 18.3 Å². The molecule has 0 atom stereocenters. The first-order chi connectivity index (χ1) is 55.5. The predicted molar refractivity (Wildman–Crippen MR) is 497 cm³/mol. The third kappa shape index (κ3) is 14.2. The molecule has 0 bridgehead atoms. The summed E-state index contributed by atoms with van der Waals surface area (Å²) in [5.41, 5.74) is 19.4. The van der Waals surface area contributed by atoms with E-state index in [-0.39, 0.29) is 35.3 Å². The summed E-state index contributed by atoms with van der Waals surface area (Å²) in [7, 11) is 8.29. The Hall–Kier alpha value is -11.7. The van der Waals surface area contributed by atoms with Crippen LogP contribution in [0.5, 0.6) is 0 Å². The summed E-state index contributed by atoms with van der Waals surface area (Å²) in [5, 5.41) is 18.5.